The molecule has 0 aromatic carbocycles. The predicted molar refractivity (Wildman–Crippen MR) is 88.5 cm³/mol. The van der Waals surface area contributed by atoms with E-state index in [-0.39, 0.29) is 0 Å². The van der Waals surface area contributed by atoms with Crippen molar-refractivity contribution in [3.63, 3.8) is 0 Å². The molecular weight excluding hydrogens is 276 g/mol. The van der Waals surface area contributed by atoms with Gasteiger partial charge < -0.3 is 0 Å². The maximum Gasteiger partial charge on any atom is 0.150 e. The summed E-state index contributed by atoms with van der Waals surface area (Å²) in [7, 11) is -1.30. The first-order valence-corrected chi connectivity index (χ1v) is 12.4. The third kappa shape index (κ3) is 9.18. The third-order valence-corrected chi connectivity index (χ3v) is 6.16. The molecule has 0 atom stereocenters. The molecule has 1 aromatic heterocycles. The SMILES string of the molecule is C[Si](C)(Cl)CCCCCCCCCc1ccsc1. The predicted octanol–water partition coefficient (Wildman–Crippen LogP) is 6.47. The van der Waals surface area contributed by atoms with Gasteiger partial charge in [0.2, 0.25) is 0 Å². The fraction of sp³-hybridized carbons (Fsp3) is 0.733. The van der Waals surface area contributed by atoms with Crippen molar-refractivity contribution in [3.8, 4) is 0 Å². The quantitative estimate of drug-likeness (QED) is 0.264. The molecule has 0 saturated heterocycles. The molecule has 0 aliphatic rings. The van der Waals surface area contributed by atoms with Gasteiger partial charge in [-0.2, -0.15) is 22.4 Å². The van der Waals surface area contributed by atoms with Gasteiger partial charge in [0.25, 0.3) is 0 Å². The largest absolute Gasteiger partial charge is 0.168 e. The Morgan fingerprint density at radius 1 is 1.00 bits per heavy atom. The zero-order valence-corrected chi connectivity index (χ0v) is 14.5. The number of unbranched alkanes of at least 4 members (excludes halogenated alkanes) is 6. The second-order valence-corrected chi connectivity index (χ2v) is 13.6. The molecule has 0 radical (unpaired) electrons. The van der Waals surface area contributed by atoms with Gasteiger partial charge in [-0.15, -0.1) is 0 Å². The fourth-order valence-electron chi connectivity index (χ4n) is 2.19. The van der Waals surface area contributed by atoms with Gasteiger partial charge >= 0.3 is 0 Å². The lowest BCUT2D eigenvalue weighted by Crippen LogP contribution is -2.14. The normalized spacial score (nSPS) is 11.9. The Morgan fingerprint density at radius 2 is 1.61 bits per heavy atom. The minimum Gasteiger partial charge on any atom is -0.168 e. The summed E-state index contributed by atoms with van der Waals surface area (Å²) >= 11 is 8.11. The number of rotatable bonds is 10. The summed E-state index contributed by atoms with van der Waals surface area (Å²) in [6.07, 6.45) is 11.0. The molecule has 0 bridgehead atoms. The van der Waals surface area contributed by atoms with Crippen LogP contribution in [0.3, 0.4) is 0 Å². The average molecular weight is 303 g/mol. The summed E-state index contributed by atoms with van der Waals surface area (Å²) in [5, 5.41) is 4.45. The smallest absolute Gasteiger partial charge is 0.150 e. The summed E-state index contributed by atoms with van der Waals surface area (Å²) in [5.74, 6) is 0. The van der Waals surface area contributed by atoms with Gasteiger partial charge in [-0.05, 0) is 41.3 Å². The van der Waals surface area contributed by atoms with Gasteiger partial charge in [0.15, 0.2) is 0 Å². The van der Waals surface area contributed by atoms with Gasteiger partial charge in [0, 0.05) is 0 Å². The van der Waals surface area contributed by atoms with Crippen LogP contribution < -0.4 is 0 Å². The fourth-order valence-corrected chi connectivity index (χ4v) is 4.39. The van der Waals surface area contributed by atoms with Crippen molar-refractivity contribution in [1.29, 1.82) is 0 Å². The molecule has 0 spiro atoms. The second kappa shape index (κ2) is 9.16. The van der Waals surface area contributed by atoms with Crippen LogP contribution in [-0.4, -0.2) is 7.38 Å². The Labute approximate surface area is 122 Å². The molecule has 104 valence electrons. The number of aryl methyl sites for hydroxylation is 1. The number of halogens is 1. The first-order valence-electron chi connectivity index (χ1n) is 7.28. The lowest BCUT2D eigenvalue weighted by atomic mass is 10.1. The minimum absolute atomic E-state index is 1.27. The number of hydrogen-bond donors (Lipinski definition) is 0. The van der Waals surface area contributed by atoms with Gasteiger partial charge in [0.05, 0.1) is 0 Å². The Hall–Kier alpha value is 0.207. The first-order chi connectivity index (χ1) is 8.58. The average Bonchev–Trinajstić information content (AvgIpc) is 2.78. The van der Waals surface area contributed by atoms with Gasteiger partial charge in [-0.3, -0.25) is 0 Å². The summed E-state index contributed by atoms with van der Waals surface area (Å²) in [6.45, 7) is 4.50. The summed E-state index contributed by atoms with van der Waals surface area (Å²) < 4.78 is 0. The monoisotopic (exact) mass is 302 g/mol. The van der Waals surface area contributed by atoms with E-state index in [1.807, 2.05) is 11.3 Å². The van der Waals surface area contributed by atoms with E-state index in [1.54, 1.807) is 0 Å². The van der Waals surface area contributed by atoms with Crippen LogP contribution in [0.5, 0.6) is 0 Å². The van der Waals surface area contributed by atoms with Crippen LogP contribution in [0.15, 0.2) is 16.8 Å². The van der Waals surface area contributed by atoms with Crippen LogP contribution in [0.25, 0.3) is 0 Å². The van der Waals surface area contributed by atoms with Crippen molar-refractivity contribution < 1.29 is 0 Å². The van der Waals surface area contributed by atoms with Crippen molar-refractivity contribution in [3.05, 3.63) is 22.4 Å². The molecule has 0 aliphatic heterocycles. The van der Waals surface area contributed by atoms with Crippen LogP contribution in [0.1, 0.15) is 50.5 Å². The van der Waals surface area contributed by atoms with Crippen LogP contribution in [-0.2, 0) is 6.42 Å². The standard InChI is InChI=1S/C15H27ClSSi/c1-18(2,16)13-9-7-5-3-4-6-8-10-15-11-12-17-14-15/h11-12,14H,3-10,13H2,1-2H3. The molecule has 0 saturated carbocycles. The molecule has 18 heavy (non-hydrogen) atoms. The molecule has 0 N–H and O–H groups in total. The first kappa shape index (κ1) is 16.3. The highest BCUT2D eigenvalue weighted by Gasteiger charge is 2.15. The zero-order valence-electron chi connectivity index (χ0n) is 11.9. The molecule has 1 heterocycles. The topological polar surface area (TPSA) is 0 Å². The maximum absolute atomic E-state index is 6.30. The minimum atomic E-state index is -1.30. The van der Waals surface area contributed by atoms with Crippen LogP contribution in [0.2, 0.25) is 19.1 Å². The highest BCUT2D eigenvalue weighted by Crippen LogP contribution is 2.19. The molecule has 3 heteroatoms. The number of thiophene rings is 1. The molecule has 0 unspecified atom stereocenters. The van der Waals surface area contributed by atoms with Gasteiger partial charge in [0.1, 0.15) is 7.38 Å². The molecular formula is C15H27ClSSi. The molecule has 0 nitrogen and oxygen atoms in total. The van der Waals surface area contributed by atoms with Crippen molar-refractivity contribution in [2.24, 2.45) is 0 Å². The van der Waals surface area contributed by atoms with E-state index in [0.29, 0.717) is 0 Å². The summed E-state index contributed by atoms with van der Waals surface area (Å²) in [6, 6.07) is 3.54. The lowest BCUT2D eigenvalue weighted by molar-refractivity contribution is 0.588. The third-order valence-electron chi connectivity index (χ3n) is 3.32. The van der Waals surface area contributed by atoms with Crippen LogP contribution in [0, 0.1) is 0 Å². The van der Waals surface area contributed by atoms with E-state index < -0.39 is 7.38 Å². The molecule has 0 amide bonds. The molecule has 0 aliphatic carbocycles. The maximum atomic E-state index is 6.30. The molecule has 1 aromatic rings. The van der Waals surface area contributed by atoms with E-state index in [1.165, 1.54) is 63.0 Å². The molecule has 0 fully saturated rings. The van der Waals surface area contributed by atoms with Crippen molar-refractivity contribution in [2.75, 3.05) is 0 Å². The van der Waals surface area contributed by atoms with Crippen LogP contribution >= 0.6 is 22.4 Å². The van der Waals surface area contributed by atoms with E-state index in [9.17, 15) is 0 Å². The highest BCUT2D eigenvalue weighted by atomic mass is 35.6. The highest BCUT2D eigenvalue weighted by molar-refractivity contribution is 7.19. The lowest BCUT2D eigenvalue weighted by Gasteiger charge is -2.11. The summed E-state index contributed by atoms with van der Waals surface area (Å²) in [4.78, 5) is 0. The van der Waals surface area contributed by atoms with E-state index in [4.69, 9.17) is 11.1 Å². The number of hydrogen-bond acceptors (Lipinski definition) is 1. The van der Waals surface area contributed by atoms with E-state index in [2.05, 4.69) is 29.9 Å². The Balaban J connectivity index is 1.82. The Morgan fingerprint density at radius 3 is 2.17 bits per heavy atom. The van der Waals surface area contributed by atoms with Crippen molar-refractivity contribution in [2.45, 2.75) is 70.5 Å². The van der Waals surface area contributed by atoms with Gasteiger partial charge in [-0.1, -0.05) is 51.6 Å². The van der Waals surface area contributed by atoms with Crippen molar-refractivity contribution in [1.82, 2.24) is 0 Å². The molecule has 1 rings (SSSR count). The van der Waals surface area contributed by atoms with Crippen LogP contribution in [0.4, 0.5) is 0 Å². The van der Waals surface area contributed by atoms with E-state index >= 15 is 0 Å². The summed E-state index contributed by atoms with van der Waals surface area (Å²) in [5.41, 5.74) is 1.52. The Bertz CT molecular complexity index is 290. The Kier molecular flexibility index (Phi) is 8.28. The van der Waals surface area contributed by atoms with Crippen molar-refractivity contribution >= 4 is 29.8 Å². The van der Waals surface area contributed by atoms with E-state index in [0.717, 1.165) is 0 Å². The zero-order chi connectivity index (χ0) is 13.3. The second-order valence-electron chi connectivity index (χ2n) is 5.83. The van der Waals surface area contributed by atoms with Gasteiger partial charge in [-0.25, -0.2) is 0 Å².